The van der Waals surface area contributed by atoms with Gasteiger partial charge in [-0.15, -0.1) is 0 Å². The third-order valence-corrected chi connectivity index (χ3v) is 5.89. The molecule has 2 amide bonds. The topological polar surface area (TPSA) is 73.9 Å². The predicted molar refractivity (Wildman–Crippen MR) is 137 cm³/mol. The fraction of sp³-hybridized carbons (Fsp3) is 0.375. The minimum atomic E-state index is -4.90. The molecule has 2 aromatic rings. The number of nitrogens with one attached hydrogen (secondary N) is 2. The van der Waals surface area contributed by atoms with Crippen molar-refractivity contribution >= 4 is 52.1 Å². The number of nitrogens with zero attached hydrogens (tertiary/aromatic N) is 2. The van der Waals surface area contributed by atoms with Crippen LogP contribution in [0.2, 0.25) is 5.02 Å². The van der Waals surface area contributed by atoms with Crippen molar-refractivity contribution in [3.8, 4) is 5.75 Å². The average Bonchev–Trinajstić information content (AvgIpc) is 2.83. The summed E-state index contributed by atoms with van der Waals surface area (Å²) in [6.07, 6.45) is -3.01. The molecular weight excluding hydrogens is 517 g/mol. The maximum absolute atomic E-state index is 12.7. The van der Waals surface area contributed by atoms with Gasteiger partial charge in [-0.05, 0) is 55.0 Å². The Morgan fingerprint density at radius 2 is 1.83 bits per heavy atom. The first-order valence-electron chi connectivity index (χ1n) is 11.3. The van der Waals surface area contributed by atoms with Crippen molar-refractivity contribution in [1.82, 2.24) is 10.2 Å². The van der Waals surface area contributed by atoms with Gasteiger partial charge in [-0.3, -0.25) is 14.9 Å². The molecule has 0 radical (unpaired) electrons. The number of ether oxygens (including phenoxy) is 1. The van der Waals surface area contributed by atoms with Crippen LogP contribution in [0.4, 0.5) is 24.5 Å². The Morgan fingerprint density at radius 3 is 2.50 bits per heavy atom. The van der Waals surface area contributed by atoms with Gasteiger partial charge in [0.1, 0.15) is 5.75 Å². The van der Waals surface area contributed by atoms with Gasteiger partial charge in [0, 0.05) is 36.8 Å². The monoisotopic (exact) mass is 542 g/mol. The van der Waals surface area contributed by atoms with Crippen LogP contribution < -0.4 is 20.3 Å². The van der Waals surface area contributed by atoms with Crippen LogP contribution in [-0.4, -0.2) is 60.8 Å². The minimum Gasteiger partial charge on any atom is -0.494 e. The maximum atomic E-state index is 12.7. The lowest BCUT2D eigenvalue weighted by Gasteiger charge is -2.37. The molecule has 0 bridgehead atoms. The highest BCUT2D eigenvalue weighted by atomic mass is 35.5. The van der Waals surface area contributed by atoms with Crippen LogP contribution in [0.25, 0.3) is 0 Å². The van der Waals surface area contributed by atoms with Gasteiger partial charge in [-0.1, -0.05) is 31.0 Å². The van der Waals surface area contributed by atoms with E-state index in [0.29, 0.717) is 34.3 Å². The molecule has 0 spiro atoms. The van der Waals surface area contributed by atoms with E-state index in [1.807, 2.05) is 4.90 Å². The fourth-order valence-corrected chi connectivity index (χ4v) is 3.98. The third kappa shape index (κ3) is 7.47. The minimum absolute atomic E-state index is 0.0201. The number of hydrogen-bond donors (Lipinski definition) is 2. The second kappa shape index (κ2) is 12.3. The summed E-state index contributed by atoms with van der Waals surface area (Å²) in [5.41, 5.74) is 1.46. The zero-order valence-corrected chi connectivity index (χ0v) is 21.1. The molecular formula is C24H26ClF3N4O3S. The van der Waals surface area contributed by atoms with Crippen LogP contribution in [0.5, 0.6) is 5.75 Å². The van der Waals surface area contributed by atoms with E-state index < -0.39 is 18.0 Å². The van der Waals surface area contributed by atoms with E-state index in [2.05, 4.69) is 17.6 Å². The number of unbranched alkanes of at least 4 members (excludes halogenated alkanes) is 1. The second-order valence-corrected chi connectivity index (χ2v) is 8.92. The molecule has 1 fully saturated rings. The Hall–Kier alpha value is -3.05. The molecule has 1 heterocycles. The first-order valence-corrected chi connectivity index (χ1v) is 12.1. The lowest BCUT2D eigenvalue weighted by atomic mass is 10.2. The Bertz CT molecular complexity index is 1110. The van der Waals surface area contributed by atoms with E-state index in [-0.39, 0.29) is 31.3 Å². The summed E-state index contributed by atoms with van der Waals surface area (Å²) < 4.78 is 43.9. The lowest BCUT2D eigenvalue weighted by molar-refractivity contribution is -0.185. The first kappa shape index (κ1) is 27.5. The molecule has 7 nitrogen and oxygen atoms in total. The number of carbonyl (C=O) groups excluding carboxylic acids is 2. The van der Waals surface area contributed by atoms with Crippen molar-refractivity contribution in [2.45, 2.75) is 25.9 Å². The summed E-state index contributed by atoms with van der Waals surface area (Å²) in [6, 6.07) is 11.7. The van der Waals surface area contributed by atoms with Crippen LogP contribution in [-0.2, 0) is 4.79 Å². The number of halogens is 4. The molecule has 0 unspecified atom stereocenters. The van der Waals surface area contributed by atoms with Crippen LogP contribution in [0.1, 0.15) is 30.1 Å². The summed E-state index contributed by atoms with van der Waals surface area (Å²) >= 11 is 11.5. The molecule has 1 aliphatic heterocycles. The van der Waals surface area contributed by atoms with Gasteiger partial charge in [0.2, 0.25) is 0 Å². The van der Waals surface area contributed by atoms with E-state index in [0.717, 1.165) is 17.7 Å². The first-order chi connectivity index (χ1) is 17.1. The van der Waals surface area contributed by atoms with Crippen LogP contribution in [0, 0.1) is 0 Å². The second-order valence-electron chi connectivity index (χ2n) is 8.08. The van der Waals surface area contributed by atoms with E-state index in [1.54, 1.807) is 42.5 Å². The molecule has 0 aromatic heterocycles. The predicted octanol–water partition coefficient (Wildman–Crippen LogP) is 4.86. The summed E-state index contributed by atoms with van der Waals surface area (Å²) in [5.74, 6) is -1.70. The largest absolute Gasteiger partial charge is 0.494 e. The Balaban J connectivity index is 1.64. The lowest BCUT2D eigenvalue weighted by Crippen LogP contribution is -2.52. The van der Waals surface area contributed by atoms with E-state index in [9.17, 15) is 22.8 Å². The van der Waals surface area contributed by atoms with Crippen LogP contribution in [0.3, 0.4) is 0 Å². The number of alkyl halides is 3. The molecule has 2 aromatic carbocycles. The number of benzene rings is 2. The molecule has 194 valence electrons. The SMILES string of the molecule is CCCCOc1cccc(C(=O)NC(=S)Nc2cc(Cl)ccc2N2CCN(C(=O)C(F)(F)F)CC2)c1. The number of amides is 2. The van der Waals surface area contributed by atoms with Crippen molar-refractivity contribution in [2.24, 2.45) is 0 Å². The Labute approximate surface area is 217 Å². The molecule has 0 aliphatic carbocycles. The molecule has 0 atom stereocenters. The van der Waals surface area contributed by atoms with Gasteiger partial charge in [-0.25, -0.2) is 0 Å². The molecule has 2 N–H and O–H groups in total. The molecule has 1 aliphatic rings. The molecule has 36 heavy (non-hydrogen) atoms. The quantitative estimate of drug-likeness (QED) is 0.385. The van der Waals surface area contributed by atoms with Gasteiger partial charge in [0.05, 0.1) is 18.0 Å². The van der Waals surface area contributed by atoms with Crippen molar-refractivity contribution in [3.05, 3.63) is 53.1 Å². The summed E-state index contributed by atoms with van der Waals surface area (Å²) in [4.78, 5) is 26.8. The molecule has 3 rings (SSSR count). The zero-order valence-electron chi connectivity index (χ0n) is 19.5. The molecule has 12 heteroatoms. The van der Waals surface area contributed by atoms with E-state index >= 15 is 0 Å². The zero-order chi connectivity index (χ0) is 26.3. The number of rotatable bonds is 7. The van der Waals surface area contributed by atoms with Gasteiger partial charge in [0.15, 0.2) is 5.11 Å². The molecule has 1 saturated heterocycles. The van der Waals surface area contributed by atoms with Crippen molar-refractivity contribution in [3.63, 3.8) is 0 Å². The highest BCUT2D eigenvalue weighted by molar-refractivity contribution is 7.80. The highest BCUT2D eigenvalue weighted by Gasteiger charge is 2.43. The average molecular weight is 543 g/mol. The summed E-state index contributed by atoms with van der Waals surface area (Å²) in [6.45, 7) is 2.81. The van der Waals surface area contributed by atoms with Gasteiger partial charge < -0.3 is 19.9 Å². The normalized spacial score (nSPS) is 13.8. The van der Waals surface area contributed by atoms with Gasteiger partial charge >= 0.3 is 12.1 Å². The van der Waals surface area contributed by atoms with Crippen LogP contribution in [0.15, 0.2) is 42.5 Å². The van der Waals surface area contributed by atoms with Crippen molar-refractivity contribution < 1.29 is 27.5 Å². The van der Waals surface area contributed by atoms with E-state index in [1.165, 1.54) is 0 Å². The van der Waals surface area contributed by atoms with Crippen molar-refractivity contribution in [1.29, 1.82) is 0 Å². The number of piperazine rings is 1. The Morgan fingerprint density at radius 1 is 1.11 bits per heavy atom. The van der Waals surface area contributed by atoms with Gasteiger partial charge in [0.25, 0.3) is 5.91 Å². The maximum Gasteiger partial charge on any atom is 0.471 e. The smallest absolute Gasteiger partial charge is 0.471 e. The molecule has 0 saturated carbocycles. The summed E-state index contributed by atoms with van der Waals surface area (Å²) in [7, 11) is 0. The van der Waals surface area contributed by atoms with E-state index in [4.69, 9.17) is 28.6 Å². The fourth-order valence-electron chi connectivity index (χ4n) is 3.60. The number of thiocarbonyl (C=S) groups is 1. The number of carbonyl (C=O) groups is 2. The third-order valence-electron chi connectivity index (χ3n) is 5.45. The van der Waals surface area contributed by atoms with Crippen LogP contribution >= 0.6 is 23.8 Å². The Kier molecular flexibility index (Phi) is 9.38. The number of anilines is 2. The standard InChI is InChI=1S/C24H26ClF3N4O3S/c1-2-3-13-35-18-6-4-5-16(14-18)21(33)30-23(36)29-19-15-17(25)7-8-20(19)31-9-11-32(12-10-31)22(34)24(26,27)28/h4-8,14-15H,2-3,9-13H2,1H3,(H2,29,30,33,36). The van der Waals surface area contributed by atoms with Crippen molar-refractivity contribution in [2.75, 3.05) is 43.0 Å². The number of hydrogen-bond acceptors (Lipinski definition) is 5. The van der Waals surface area contributed by atoms with Gasteiger partial charge in [-0.2, -0.15) is 13.2 Å². The highest BCUT2D eigenvalue weighted by Crippen LogP contribution is 2.31. The summed E-state index contributed by atoms with van der Waals surface area (Å²) in [5, 5.41) is 5.98.